The summed E-state index contributed by atoms with van der Waals surface area (Å²) in [5.41, 5.74) is 0. The van der Waals surface area contributed by atoms with Crippen molar-refractivity contribution in [1.29, 1.82) is 0 Å². The van der Waals surface area contributed by atoms with Gasteiger partial charge in [-0.05, 0) is 25.7 Å². The molecule has 2 saturated heterocycles. The molecule has 6 nitrogen and oxygen atoms in total. The van der Waals surface area contributed by atoms with E-state index in [0.717, 1.165) is 25.7 Å². The fraction of sp³-hybridized carbons (Fsp3) is 0.769. The molecule has 0 aliphatic carbocycles. The number of ether oxygens (including phenoxy) is 2. The maximum Gasteiger partial charge on any atom is 0.223 e. The van der Waals surface area contributed by atoms with Gasteiger partial charge in [0.1, 0.15) is 0 Å². The Hall–Kier alpha value is -1.66. The Morgan fingerprint density at radius 1 is 0.656 bits per heavy atom. The number of unbranched alkanes of at least 4 members (excludes halogenated alkanes) is 4. The van der Waals surface area contributed by atoms with Gasteiger partial charge in [0.25, 0.3) is 0 Å². The first-order valence-electron chi connectivity index (χ1n) is 12.8. The molecule has 0 saturated carbocycles. The van der Waals surface area contributed by atoms with Crippen LogP contribution in [0.15, 0.2) is 24.3 Å². The van der Waals surface area contributed by atoms with Gasteiger partial charge in [0, 0.05) is 25.9 Å². The van der Waals surface area contributed by atoms with Gasteiger partial charge in [-0.1, -0.05) is 76.7 Å². The summed E-state index contributed by atoms with van der Waals surface area (Å²) in [6, 6.07) is 0. The summed E-state index contributed by atoms with van der Waals surface area (Å²) >= 11 is 0. The summed E-state index contributed by atoms with van der Waals surface area (Å²) in [4.78, 5) is 23.7. The van der Waals surface area contributed by atoms with Gasteiger partial charge in [-0.15, -0.1) is 0 Å². The van der Waals surface area contributed by atoms with Crippen LogP contribution in [0.3, 0.4) is 0 Å². The summed E-state index contributed by atoms with van der Waals surface area (Å²) in [5, 5.41) is 5.66. The zero-order valence-electron chi connectivity index (χ0n) is 20.2. The van der Waals surface area contributed by atoms with Crippen LogP contribution in [-0.4, -0.2) is 49.3 Å². The van der Waals surface area contributed by atoms with Crippen LogP contribution >= 0.6 is 0 Å². The van der Waals surface area contributed by atoms with E-state index in [2.05, 4.69) is 24.5 Å². The molecular weight excluding hydrogens is 404 g/mol. The number of rotatable bonds is 19. The smallest absolute Gasteiger partial charge is 0.223 e. The van der Waals surface area contributed by atoms with E-state index in [0.29, 0.717) is 50.3 Å². The Morgan fingerprint density at radius 3 is 1.50 bits per heavy atom. The molecule has 182 valence electrons. The fourth-order valence-corrected chi connectivity index (χ4v) is 3.86. The lowest BCUT2D eigenvalue weighted by Crippen LogP contribution is -2.34. The van der Waals surface area contributed by atoms with Gasteiger partial charge < -0.3 is 20.1 Å². The SMILES string of the molecule is CCCCCC1OC1CC=CCC(=O)NCCNC(=O)CC=CCC1OC1CCCCC. The van der Waals surface area contributed by atoms with Crippen molar-refractivity contribution in [3.63, 3.8) is 0 Å². The highest BCUT2D eigenvalue weighted by molar-refractivity contribution is 5.78. The van der Waals surface area contributed by atoms with E-state index < -0.39 is 0 Å². The largest absolute Gasteiger partial charge is 0.369 e. The number of hydrogen-bond acceptors (Lipinski definition) is 4. The topological polar surface area (TPSA) is 83.3 Å². The molecule has 2 rings (SSSR count). The number of carbonyl (C=O) groups excluding carboxylic acids is 2. The number of amides is 2. The normalized spacial score (nSPS) is 24.2. The van der Waals surface area contributed by atoms with Gasteiger partial charge in [0.05, 0.1) is 24.4 Å². The van der Waals surface area contributed by atoms with Crippen molar-refractivity contribution in [1.82, 2.24) is 10.6 Å². The molecule has 4 unspecified atom stereocenters. The molecule has 2 fully saturated rings. The summed E-state index contributed by atoms with van der Waals surface area (Å²) in [7, 11) is 0. The lowest BCUT2D eigenvalue weighted by molar-refractivity contribution is -0.122. The lowest BCUT2D eigenvalue weighted by Gasteiger charge is -2.05. The molecule has 0 aromatic carbocycles. The van der Waals surface area contributed by atoms with Gasteiger partial charge in [-0.25, -0.2) is 0 Å². The number of carbonyl (C=O) groups is 2. The van der Waals surface area contributed by atoms with Crippen LogP contribution in [-0.2, 0) is 19.1 Å². The summed E-state index contributed by atoms with van der Waals surface area (Å²) in [5.74, 6) is -0.0472. The van der Waals surface area contributed by atoms with Crippen molar-refractivity contribution in [3.8, 4) is 0 Å². The molecule has 0 aromatic rings. The second-order valence-electron chi connectivity index (χ2n) is 8.94. The molecule has 0 bridgehead atoms. The third-order valence-electron chi connectivity index (χ3n) is 6.01. The van der Waals surface area contributed by atoms with Gasteiger partial charge in [-0.3, -0.25) is 9.59 Å². The van der Waals surface area contributed by atoms with E-state index >= 15 is 0 Å². The predicted molar refractivity (Wildman–Crippen MR) is 128 cm³/mol. The number of hydrogen-bond donors (Lipinski definition) is 2. The van der Waals surface area contributed by atoms with Gasteiger partial charge >= 0.3 is 0 Å². The molecule has 0 aromatic heterocycles. The molecule has 2 N–H and O–H groups in total. The Kier molecular flexibility index (Phi) is 13.3. The molecule has 2 aliphatic heterocycles. The highest BCUT2D eigenvalue weighted by atomic mass is 16.6. The minimum atomic E-state index is -0.0236. The van der Waals surface area contributed by atoms with Crippen molar-refractivity contribution in [2.24, 2.45) is 0 Å². The molecule has 0 spiro atoms. The van der Waals surface area contributed by atoms with Gasteiger partial charge in [0.2, 0.25) is 11.8 Å². The molecule has 0 radical (unpaired) electrons. The third kappa shape index (κ3) is 12.4. The maximum atomic E-state index is 11.8. The molecule has 2 amide bonds. The average molecular weight is 449 g/mol. The number of epoxide rings is 2. The van der Waals surface area contributed by atoms with E-state index in [-0.39, 0.29) is 11.8 Å². The summed E-state index contributed by atoms with van der Waals surface area (Å²) < 4.78 is 11.3. The first kappa shape index (κ1) is 26.6. The van der Waals surface area contributed by atoms with Gasteiger partial charge in [0.15, 0.2) is 0 Å². The fourth-order valence-electron chi connectivity index (χ4n) is 3.86. The van der Waals surface area contributed by atoms with Crippen LogP contribution in [0.5, 0.6) is 0 Å². The minimum Gasteiger partial charge on any atom is -0.369 e. The van der Waals surface area contributed by atoms with E-state index in [1.54, 1.807) is 0 Å². The monoisotopic (exact) mass is 448 g/mol. The van der Waals surface area contributed by atoms with Gasteiger partial charge in [-0.2, -0.15) is 0 Å². The van der Waals surface area contributed by atoms with Crippen molar-refractivity contribution < 1.29 is 19.1 Å². The molecule has 2 heterocycles. The average Bonchev–Trinajstić information content (AvgIpc) is 3.70. The van der Waals surface area contributed by atoms with Crippen LogP contribution in [0.25, 0.3) is 0 Å². The molecular formula is C26H44N2O4. The Balaban J connectivity index is 1.38. The van der Waals surface area contributed by atoms with Crippen molar-refractivity contribution >= 4 is 11.8 Å². The Labute approximate surface area is 194 Å². The quantitative estimate of drug-likeness (QED) is 0.172. The van der Waals surface area contributed by atoms with Crippen LogP contribution in [0.4, 0.5) is 0 Å². The first-order chi connectivity index (χ1) is 15.6. The maximum absolute atomic E-state index is 11.8. The lowest BCUT2D eigenvalue weighted by atomic mass is 10.1. The Morgan fingerprint density at radius 2 is 1.09 bits per heavy atom. The minimum absolute atomic E-state index is 0.0236. The van der Waals surface area contributed by atoms with Crippen molar-refractivity contribution in [2.75, 3.05) is 13.1 Å². The molecule has 32 heavy (non-hydrogen) atoms. The zero-order valence-corrected chi connectivity index (χ0v) is 20.2. The zero-order chi connectivity index (χ0) is 23.0. The third-order valence-corrected chi connectivity index (χ3v) is 6.01. The predicted octanol–water partition coefficient (Wildman–Crippen LogP) is 4.59. The summed E-state index contributed by atoms with van der Waals surface area (Å²) in [6.07, 6.45) is 21.8. The number of nitrogens with one attached hydrogen (secondary N) is 2. The standard InChI is InChI=1S/C26H44N2O4/c1-3-5-7-13-21-23(31-21)15-9-11-17-25(29)27-19-20-28-26(30)18-12-10-16-24-22(32-24)14-8-6-4-2/h9-12,21-24H,3-8,13-20H2,1-2H3,(H,27,29)(H,28,30). The van der Waals surface area contributed by atoms with E-state index in [4.69, 9.17) is 9.47 Å². The van der Waals surface area contributed by atoms with Crippen molar-refractivity contribution in [2.45, 2.75) is 115 Å². The second-order valence-corrected chi connectivity index (χ2v) is 8.94. The molecule has 6 heteroatoms. The highest BCUT2D eigenvalue weighted by Crippen LogP contribution is 2.31. The summed E-state index contributed by atoms with van der Waals surface area (Å²) in [6.45, 7) is 5.31. The highest BCUT2D eigenvalue weighted by Gasteiger charge is 2.37. The molecule has 4 atom stereocenters. The van der Waals surface area contributed by atoms with E-state index in [1.807, 2.05) is 24.3 Å². The van der Waals surface area contributed by atoms with Crippen molar-refractivity contribution in [3.05, 3.63) is 24.3 Å². The van der Waals surface area contributed by atoms with Crippen LogP contribution < -0.4 is 10.6 Å². The first-order valence-corrected chi connectivity index (χ1v) is 12.8. The van der Waals surface area contributed by atoms with Crippen LogP contribution in [0, 0.1) is 0 Å². The van der Waals surface area contributed by atoms with Crippen LogP contribution in [0.2, 0.25) is 0 Å². The second kappa shape index (κ2) is 16.0. The van der Waals surface area contributed by atoms with E-state index in [9.17, 15) is 9.59 Å². The Bertz CT molecular complexity index is 553. The van der Waals surface area contributed by atoms with Crippen LogP contribution in [0.1, 0.15) is 90.9 Å². The van der Waals surface area contributed by atoms with E-state index in [1.165, 1.54) is 38.5 Å². The molecule has 2 aliphatic rings.